The van der Waals surface area contributed by atoms with Crippen molar-refractivity contribution in [2.24, 2.45) is 0 Å². The van der Waals surface area contributed by atoms with Crippen LogP contribution in [-0.4, -0.2) is 77.3 Å². The molecule has 0 amide bonds. The van der Waals surface area contributed by atoms with Gasteiger partial charge in [-0.2, -0.15) is 4.89 Å². The number of hydrogen-bond acceptors (Lipinski definition) is 8. The van der Waals surface area contributed by atoms with Gasteiger partial charge in [0.05, 0.1) is 6.61 Å². The highest BCUT2D eigenvalue weighted by Gasteiger charge is 2.15. The second-order valence-electron chi connectivity index (χ2n) is 7.32. The zero-order valence-corrected chi connectivity index (χ0v) is 18.3. The minimum absolute atomic E-state index is 0.0804. The van der Waals surface area contributed by atoms with E-state index < -0.39 is 0 Å². The summed E-state index contributed by atoms with van der Waals surface area (Å²) in [5.41, 5.74) is 1.34. The molecule has 1 fully saturated rings. The van der Waals surface area contributed by atoms with Crippen LogP contribution in [0.4, 0.5) is 0 Å². The van der Waals surface area contributed by atoms with Gasteiger partial charge in [0.1, 0.15) is 6.61 Å². The molecule has 170 valence electrons. The Bertz CT molecular complexity index is 612. The maximum Gasteiger partial charge on any atom is 0.232 e. The predicted molar refractivity (Wildman–Crippen MR) is 113 cm³/mol. The second kappa shape index (κ2) is 15.2. The Morgan fingerprint density at radius 1 is 1.10 bits per heavy atom. The van der Waals surface area contributed by atoms with Crippen LogP contribution in [0, 0.1) is 11.8 Å². The quantitative estimate of drug-likeness (QED) is 0.265. The number of aromatic nitrogens is 2. The Kier molecular flexibility index (Phi) is 12.4. The summed E-state index contributed by atoms with van der Waals surface area (Å²) >= 11 is 0. The van der Waals surface area contributed by atoms with E-state index in [1.54, 1.807) is 6.92 Å². The number of hydrogen-bond donors (Lipinski definition) is 1. The summed E-state index contributed by atoms with van der Waals surface area (Å²) in [6, 6.07) is 2.13. The third-order valence-corrected chi connectivity index (χ3v) is 5.31. The Labute approximate surface area is 179 Å². The van der Waals surface area contributed by atoms with Gasteiger partial charge < -0.3 is 14.5 Å². The van der Waals surface area contributed by atoms with E-state index in [0.717, 1.165) is 31.9 Å². The number of ether oxygens (including phenoxy) is 1. The molecule has 1 aromatic rings. The van der Waals surface area contributed by atoms with Gasteiger partial charge in [0.25, 0.3) is 0 Å². The SMILES string of the molecule is CC#CCOOOO.CCN1CCN(CCCCOc2cc3n(n2)CCCC3)CC1. The van der Waals surface area contributed by atoms with Crippen molar-refractivity contribution in [2.75, 3.05) is 52.5 Å². The third kappa shape index (κ3) is 9.43. The average molecular weight is 425 g/mol. The molecule has 2 aliphatic heterocycles. The van der Waals surface area contributed by atoms with Crippen molar-refractivity contribution < 1.29 is 25.0 Å². The summed E-state index contributed by atoms with van der Waals surface area (Å²) in [6.45, 7) is 13.1. The zero-order valence-electron chi connectivity index (χ0n) is 18.3. The van der Waals surface area contributed by atoms with E-state index in [1.807, 2.05) is 0 Å². The molecule has 1 N–H and O–H groups in total. The van der Waals surface area contributed by atoms with Gasteiger partial charge in [0.2, 0.25) is 5.88 Å². The van der Waals surface area contributed by atoms with E-state index in [4.69, 9.17) is 9.99 Å². The summed E-state index contributed by atoms with van der Waals surface area (Å²) < 4.78 is 7.94. The van der Waals surface area contributed by atoms with Gasteiger partial charge >= 0.3 is 0 Å². The Morgan fingerprint density at radius 2 is 1.90 bits per heavy atom. The molecule has 2 aliphatic rings. The number of unbranched alkanes of at least 4 members (excludes halogenated alkanes) is 1. The fourth-order valence-corrected chi connectivity index (χ4v) is 3.55. The molecule has 0 atom stereocenters. The van der Waals surface area contributed by atoms with Gasteiger partial charge in [-0.15, -0.1) is 11.0 Å². The van der Waals surface area contributed by atoms with Crippen LogP contribution in [0.25, 0.3) is 0 Å². The normalized spacial score (nSPS) is 16.8. The Morgan fingerprint density at radius 3 is 2.60 bits per heavy atom. The van der Waals surface area contributed by atoms with Crippen LogP contribution in [0.3, 0.4) is 0 Å². The highest BCUT2D eigenvalue weighted by molar-refractivity contribution is 5.16. The summed E-state index contributed by atoms with van der Waals surface area (Å²) in [6.07, 6.45) is 6.03. The van der Waals surface area contributed by atoms with E-state index >= 15 is 0 Å². The third-order valence-electron chi connectivity index (χ3n) is 5.31. The molecule has 9 heteroatoms. The van der Waals surface area contributed by atoms with E-state index in [9.17, 15) is 0 Å². The molecule has 30 heavy (non-hydrogen) atoms. The van der Waals surface area contributed by atoms with E-state index in [-0.39, 0.29) is 6.61 Å². The van der Waals surface area contributed by atoms with Crippen molar-refractivity contribution >= 4 is 0 Å². The van der Waals surface area contributed by atoms with Crippen molar-refractivity contribution in [3.05, 3.63) is 11.8 Å². The summed E-state index contributed by atoms with van der Waals surface area (Å²) in [5.74, 6) is 5.86. The highest BCUT2D eigenvalue weighted by Crippen LogP contribution is 2.19. The van der Waals surface area contributed by atoms with Crippen LogP contribution < -0.4 is 4.74 Å². The van der Waals surface area contributed by atoms with Crippen molar-refractivity contribution in [1.29, 1.82) is 0 Å². The fraction of sp³-hybridized carbons (Fsp3) is 0.762. The number of aryl methyl sites for hydroxylation is 2. The minimum Gasteiger partial charge on any atom is -0.477 e. The minimum atomic E-state index is 0.0804. The first-order chi connectivity index (χ1) is 14.8. The highest BCUT2D eigenvalue weighted by atomic mass is 17.6. The molecule has 0 saturated carbocycles. The van der Waals surface area contributed by atoms with Crippen molar-refractivity contribution in [3.8, 4) is 17.7 Å². The second-order valence-corrected chi connectivity index (χ2v) is 7.32. The van der Waals surface area contributed by atoms with E-state index in [2.05, 4.69) is 59.4 Å². The van der Waals surface area contributed by atoms with Gasteiger partial charge in [-0.1, -0.05) is 12.8 Å². The number of fused-ring (bicyclic) bond motifs is 1. The lowest BCUT2D eigenvalue weighted by molar-refractivity contribution is -0.620. The smallest absolute Gasteiger partial charge is 0.232 e. The van der Waals surface area contributed by atoms with Crippen LogP contribution >= 0.6 is 0 Å². The lowest BCUT2D eigenvalue weighted by atomic mass is 10.1. The number of likely N-dealkylation sites (N-methyl/N-ethyl adjacent to an activating group) is 1. The van der Waals surface area contributed by atoms with Crippen molar-refractivity contribution in [2.45, 2.75) is 52.5 Å². The zero-order chi connectivity index (χ0) is 21.4. The molecule has 0 aliphatic carbocycles. The largest absolute Gasteiger partial charge is 0.477 e. The molecule has 3 rings (SSSR count). The first-order valence-corrected chi connectivity index (χ1v) is 10.9. The molecule has 0 radical (unpaired) electrons. The molecular formula is C21H36N4O5. The van der Waals surface area contributed by atoms with Gasteiger partial charge in [0.15, 0.2) is 0 Å². The Balaban J connectivity index is 0.000000343. The molecule has 1 saturated heterocycles. The van der Waals surface area contributed by atoms with Crippen LogP contribution in [0.15, 0.2) is 6.07 Å². The molecule has 0 bridgehead atoms. The molecule has 3 heterocycles. The van der Waals surface area contributed by atoms with Crippen LogP contribution in [-0.2, 0) is 27.9 Å². The maximum atomic E-state index is 7.47. The first kappa shape index (κ1) is 24.6. The maximum absolute atomic E-state index is 7.47. The van der Waals surface area contributed by atoms with Crippen LogP contribution in [0.5, 0.6) is 5.88 Å². The van der Waals surface area contributed by atoms with E-state index in [1.165, 1.54) is 64.2 Å². The van der Waals surface area contributed by atoms with Crippen molar-refractivity contribution in [1.82, 2.24) is 19.6 Å². The lowest BCUT2D eigenvalue weighted by Gasteiger charge is -2.33. The molecule has 0 spiro atoms. The summed E-state index contributed by atoms with van der Waals surface area (Å²) in [7, 11) is 0. The van der Waals surface area contributed by atoms with Crippen molar-refractivity contribution in [3.63, 3.8) is 0 Å². The van der Waals surface area contributed by atoms with Crippen LogP contribution in [0.1, 0.15) is 45.2 Å². The van der Waals surface area contributed by atoms with E-state index in [0.29, 0.717) is 0 Å². The number of rotatable bonds is 10. The molecule has 0 aromatic carbocycles. The predicted octanol–water partition coefficient (Wildman–Crippen LogP) is 2.38. The molecule has 0 unspecified atom stereocenters. The standard InChI is InChI=1S/C17H30N4O.C4H6O4/c1-2-19-10-12-20(13-11-19)8-5-6-14-22-17-15-16-7-3-4-9-21(16)18-17;1-2-3-4-6-8-7-5/h15H,2-14H2,1H3;5H,4H2,1H3. The summed E-state index contributed by atoms with van der Waals surface area (Å²) in [4.78, 5) is 9.19. The lowest BCUT2D eigenvalue weighted by Crippen LogP contribution is -2.46. The van der Waals surface area contributed by atoms with Gasteiger partial charge in [-0.3, -0.25) is 4.68 Å². The Hall–Kier alpha value is -1.67. The fourth-order valence-electron chi connectivity index (χ4n) is 3.55. The first-order valence-electron chi connectivity index (χ1n) is 10.9. The molecule has 1 aromatic heterocycles. The average Bonchev–Trinajstić information content (AvgIpc) is 3.20. The van der Waals surface area contributed by atoms with Gasteiger partial charge in [0, 0.05) is 44.5 Å². The van der Waals surface area contributed by atoms with Gasteiger partial charge in [-0.25, -0.2) is 5.26 Å². The van der Waals surface area contributed by atoms with Gasteiger partial charge in [-0.05, 0) is 62.2 Å². The number of piperazine rings is 1. The molecule has 9 nitrogen and oxygen atoms in total. The number of nitrogens with zero attached hydrogens (tertiary/aromatic N) is 4. The topological polar surface area (TPSA) is 81.5 Å². The molecular weight excluding hydrogens is 388 g/mol. The summed E-state index contributed by atoms with van der Waals surface area (Å²) in [5, 5.41) is 18.7. The van der Waals surface area contributed by atoms with Crippen LogP contribution in [0.2, 0.25) is 0 Å². The monoisotopic (exact) mass is 424 g/mol.